The van der Waals surface area contributed by atoms with E-state index in [-0.39, 0.29) is 0 Å². The second-order valence-corrected chi connectivity index (χ2v) is 4.63. The molecule has 2 heteroatoms. The molecule has 13 heavy (non-hydrogen) atoms. The number of quaternary nitrogens is 1. The highest BCUT2D eigenvalue weighted by atomic mass is 15.3. The smallest absolute Gasteiger partial charge is 0.106 e. The summed E-state index contributed by atoms with van der Waals surface area (Å²) in [5.41, 5.74) is 3.89. The van der Waals surface area contributed by atoms with Gasteiger partial charge in [0.1, 0.15) is 6.54 Å². The average molecular weight is 177 g/mol. The van der Waals surface area contributed by atoms with Gasteiger partial charge in [-0.1, -0.05) is 0 Å². The third-order valence-electron chi connectivity index (χ3n) is 2.76. The van der Waals surface area contributed by atoms with E-state index in [1.807, 2.05) is 0 Å². The van der Waals surface area contributed by atoms with Gasteiger partial charge in [0, 0.05) is 17.7 Å². The van der Waals surface area contributed by atoms with Crippen LogP contribution >= 0.6 is 0 Å². The van der Waals surface area contributed by atoms with Crippen LogP contribution in [-0.4, -0.2) is 30.1 Å². The topological polar surface area (TPSA) is 12.9 Å². The Morgan fingerprint density at radius 2 is 2.08 bits per heavy atom. The van der Waals surface area contributed by atoms with E-state index in [1.54, 1.807) is 0 Å². The summed E-state index contributed by atoms with van der Waals surface area (Å²) in [4.78, 5) is 4.57. The molecular weight excluding hydrogens is 160 g/mol. The second kappa shape index (κ2) is 2.81. The fourth-order valence-electron chi connectivity index (χ4n) is 1.95. The number of hydrogen-bond donors (Lipinski definition) is 0. The summed E-state index contributed by atoms with van der Waals surface area (Å²) in [5.74, 6) is 0. The predicted molar refractivity (Wildman–Crippen MR) is 53.4 cm³/mol. The monoisotopic (exact) mass is 177 g/mol. The third-order valence-corrected chi connectivity index (χ3v) is 2.76. The van der Waals surface area contributed by atoms with E-state index in [9.17, 15) is 0 Å². The van der Waals surface area contributed by atoms with Crippen LogP contribution in [0.25, 0.3) is 0 Å². The molecule has 2 rings (SSSR count). The van der Waals surface area contributed by atoms with Gasteiger partial charge < -0.3 is 4.48 Å². The van der Waals surface area contributed by atoms with Crippen molar-refractivity contribution in [3.8, 4) is 0 Å². The Kier molecular flexibility index (Phi) is 1.88. The minimum atomic E-state index is 1.09. The second-order valence-electron chi connectivity index (χ2n) is 4.63. The summed E-state index contributed by atoms with van der Waals surface area (Å²) in [5, 5.41) is 0. The van der Waals surface area contributed by atoms with Crippen molar-refractivity contribution in [1.82, 2.24) is 4.98 Å². The molecule has 0 atom stereocenters. The van der Waals surface area contributed by atoms with E-state index < -0.39 is 0 Å². The molecule has 0 N–H and O–H groups in total. The molecular formula is C11H17N2+. The predicted octanol–water partition coefficient (Wildman–Crippen LogP) is 1.52. The number of aryl methyl sites for hydroxylation is 1. The zero-order valence-corrected chi connectivity index (χ0v) is 8.67. The molecule has 2 nitrogen and oxygen atoms in total. The summed E-state index contributed by atoms with van der Waals surface area (Å²) in [6.07, 6.45) is 1.13. The van der Waals surface area contributed by atoms with Crippen LogP contribution in [0, 0.1) is 6.92 Å². The van der Waals surface area contributed by atoms with Crippen LogP contribution in [0.5, 0.6) is 0 Å². The van der Waals surface area contributed by atoms with Crippen LogP contribution in [0.4, 0.5) is 0 Å². The normalized spacial score (nSPS) is 19.6. The summed E-state index contributed by atoms with van der Waals surface area (Å²) < 4.78 is 1.09. The van der Waals surface area contributed by atoms with Crippen molar-refractivity contribution >= 4 is 0 Å². The van der Waals surface area contributed by atoms with Crippen molar-refractivity contribution in [2.75, 3.05) is 20.6 Å². The van der Waals surface area contributed by atoms with Crippen LogP contribution < -0.4 is 0 Å². The van der Waals surface area contributed by atoms with Crippen LogP contribution in [-0.2, 0) is 13.0 Å². The van der Waals surface area contributed by atoms with Gasteiger partial charge in [0.2, 0.25) is 0 Å². The van der Waals surface area contributed by atoms with Gasteiger partial charge >= 0.3 is 0 Å². The summed E-state index contributed by atoms with van der Waals surface area (Å²) in [7, 11) is 4.56. The molecule has 0 amide bonds. The number of pyridine rings is 1. The van der Waals surface area contributed by atoms with Crippen molar-refractivity contribution in [3.05, 3.63) is 29.1 Å². The van der Waals surface area contributed by atoms with Gasteiger partial charge in [0.25, 0.3) is 0 Å². The molecule has 0 saturated carbocycles. The standard InChI is InChI=1S/C11H17N2/c1-9-4-5-10-8-13(2,3)7-6-11(10)12-9/h4-5H,6-8H2,1-3H3/q+1. The quantitative estimate of drug-likeness (QED) is 0.548. The fraction of sp³-hybridized carbons (Fsp3) is 0.545. The molecule has 0 spiro atoms. The molecule has 1 aliphatic rings. The minimum absolute atomic E-state index is 1.09. The lowest BCUT2D eigenvalue weighted by molar-refractivity contribution is -0.905. The Morgan fingerprint density at radius 3 is 2.85 bits per heavy atom. The highest BCUT2D eigenvalue weighted by Gasteiger charge is 2.24. The van der Waals surface area contributed by atoms with Crippen LogP contribution in [0.3, 0.4) is 0 Å². The maximum Gasteiger partial charge on any atom is 0.106 e. The molecule has 70 valence electrons. The van der Waals surface area contributed by atoms with Gasteiger partial charge in [0.05, 0.1) is 26.3 Å². The Hall–Kier alpha value is -0.890. The van der Waals surface area contributed by atoms with Crippen molar-refractivity contribution in [2.45, 2.75) is 19.9 Å². The van der Waals surface area contributed by atoms with Crippen molar-refractivity contribution < 1.29 is 4.48 Å². The van der Waals surface area contributed by atoms with Crippen LogP contribution in [0.15, 0.2) is 12.1 Å². The summed E-state index contributed by atoms with van der Waals surface area (Å²) in [6.45, 7) is 4.40. The Labute approximate surface area is 79.8 Å². The number of rotatable bonds is 0. The first-order valence-corrected chi connectivity index (χ1v) is 4.84. The van der Waals surface area contributed by atoms with Crippen LogP contribution in [0.1, 0.15) is 17.0 Å². The van der Waals surface area contributed by atoms with Gasteiger partial charge in [-0.05, 0) is 19.1 Å². The molecule has 0 aliphatic carbocycles. The van der Waals surface area contributed by atoms with Crippen molar-refractivity contribution in [2.24, 2.45) is 0 Å². The summed E-state index contributed by atoms with van der Waals surface area (Å²) >= 11 is 0. The Balaban J connectivity index is 2.37. The lowest BCUT2D eigenvalue weighted by atomic mass is 10.0. The van der Waals surface area contributed by atoms with Gasteiger partial charge in [-0.25, -0.2) is 0 Å². The maximum atomic E-state index is 4.57. The van der Waals surface area contributed by atoms with E-state index in [0.717, 1.165) is 23.1 Å². The van der Waals surface area contributed by atoms with E-state index in [1.165, 1.54) is 17.8 Å². The SMILES string of the molecule is Cc1ccc2c(n1)CC[N+](C)(C)C2. The first-order valence-electron chi connectivity index (χ1n) is 4.84. The number of likely N-dealkylation sites (N-methyl/N-ethyl adjacent to an activating group) is 1. The molecule has 0 bridgehead atoms. The minimum Gasteiger partial charge on any atom is -0.324 e. The van der Waals surface area contributed by atoms with Gasteiger partial charge in [-0.3, -0.25) is 4.98 Å². The number of aromatic nitrogens is 1. The lowest BCUT2D eigenvalue weighted by Gasteiger charge is -2.34. The summed E-state index contributed by atoms with van der Waals surface area (Å²) in [6, 6.07) is 4.35. The first-order chi connectivity index (χ1) is 6.07. The molecule has 0 fully saturated rings. The van der Waals surface area contributed by atoms with Crippen LogP contribution in [0.2, 0.25) is 0 Å². The Morgan fingerprint density at radius 1 is 1.31 bits per heavy atom. The average Bonchev–Trinajstić information content (AvgIpc) is 2.05. The van der Waals surface area contributed by atoms with E-state index in [2.05, 4.69) is 38.1 Å². The first kappa shape index (κ1) is 8.70. The third kappa shape index (κ3) is 1.73. The van der Waals surface area contributed by atoms with Crippen molar-refractivity contribution in [1.29, 1.82) is 0 Å². The molecule has 1 aliphatic heterocycles. The van der Waals surface area contributed by atoms with Gasteiger partial charge in [-0.15, -0.1) is 0 Å². The highest BCUT2D eigenvalue weighted by Crippen LogP contribution is 2.20. The highest BCUT2D eigenvalue weighted by molar-refractivity contribution is 5.23. The van der Waals surface area contributed by atoms with Crippen molar-refractivity contribution in [3.63, 3.8) is 0 Å². The van der Waals surface area contributed by atoms with Gasteiger partial charge in [-0.2, -0.15) is 0 Å². The molecule has 0 radical (unpaired) electrons. The zero-order valence-electron chi connectivity index (χ0n) is 8.67. The lowest BCUT2D eigenvalue weighted by Crippen LogP contribution is -2.43. The number of nitrogens with zero attached hydrogens (tertiary/aromatic N) is 2. The Bertz CT molecular complexity index is 329. The molecule has 1 aromatic rings. The molecule has 0 aromatic carbocycles. The molecule has 1 aromatic heterocycles. The molecule has 0 saturated heterocycles. The molecule has 2 heterocycles. The van der Waals surface area contributed by atoms with Gasteiger partial charge in [0.15, 0.2) is 0 Å². The largest absolute Gasteiger partial charge is 0.324 e. The van der Waals surface area contributed by atoms with E-state index in [4.69, 9.17) is 0 Å². The molecule has 0 unspecified atom stereocenters. The van der Waals surface area contributed by atoms with E-state index in [0.29, 0.717) is 0 Å². The number of fused-ring (bicyclic) bond motifs is 1. The number of hydrogen-bond acceptors (Lipinski definition) is 1. The maximum absolute atomic E-state index is 4.57. The zero-order chi connectivity index (χ0) is 9.47. The fourth-order valence-corrected chi connectivity index (χ4v) is 1.95. The van der Waals surface area contributed by atoms with E-state index >= 15 is 0 Å².